The van der Waals surface area contributed by atoms with Gasteiger partial charge in [-0.3, -0.25) is 9.59 Å². The lowest BCUT2D eigenvalue weighted by Crippen LogP contribution is -2.46. The van der Waals surface area contributed by atoms with Gasteiger partial charge in [-0.15, -0.1) is 0 Å². The Bertz CT molecular complexity index is 600. The zero-order valence-corrected chi connectivity index (χ0v) is 13.4. The highest BCUT2D eigenvalue weighted by atomic mass is 16.2. The highest BCUT2D eigenvalue weighted by Crippen LogP contribution is 2.42. The van der Waals surface area contributed by atoms with Crippen LogP contribution in [0.4, 0.5) is 0 Å². The highest BCUT2D eigenvalue weighted by molar-refractivity contribution is 5.92. The molecule has 5 heteroatoms. The highest BCUT2D eigenvalue weighted by Gasteiger charge is 2.37. The molecule has 1 saturated carbocycles. The lowest BCUT2D eigenvalue weighted by atomic mass is 9.74. The fraction of sp³-hybridized carbons (Fsp3) is 0.706. The molecule has 1 spiro atoms. The molecule has 5 nitrogen and oxygen atoms in total. The minimum absolute atomic E-state index is 0.0288. The van der Waals surface area contributed by atoms with Gasteiger partial charge in [0.2, 0.25) is 0 Å². The van der Waals surface area contributed by atoms with Crippen molar-refractivity contribution in [3.05, 3.63) is 28.2 Å². The topological polar surface area (TPSA) is 55.2 Å². The summed E-state index contributed by atoms with van der Waals surface area (Å²) in [5, 5.41) is 4.11. The molecule has 1 aliphatic heterocycles. The smallest absolute Gasteiger partial charge is 0.274 e. The zero-order chi connectivity index (χ0) is 15.6. The van der Waals surface area contributed by atoms with Gasteiger partial charge in [0.25, 0.3) is 11.5 Å². The number of amides is 1. The van der Waals surface area contributed by atoms with Gasteiger partial charge < -0.3 is 4.90 Å². The van der Waals surface area contributed by atoms with Gasteiger partial charge in [0.05, 0.1) is 0 Å². The third-order valence-electron chi connectivity index (χ3n) is 5.29. The summed E-state index contributed by atoms with van der Waals surface area (Å²) in [4.78, 5) is 26.1. The Labute approximate surface area is 131 Å². The first-order valence-corrected chi connectivity index (χ1v) is 8.43. The number of aryl methyl sites for hydroxylation is 1. The van der Waals surface area contributed by atoms with Crippen molar-refractivity contribution in [3.63, 3.8) is 0 Å². The second kappa shape index (κ2) is 6.23. The molecule has 1 saturated heterocycles. The summed E-state index contributed by atoms with van der Waals surface area (Å²) in [5.74, 6) is -0.0288. The molecule has 1 aromatic rings. The van der Waals surface area contributed by atoms with E-state index in [0.717, 1.165) is 19.5 Å². The van der Waals surface area contributed by atoms with Gasteiger partial charge in [-0.25, -0.2) is 4.68 Å². The largest absolute Gasteiger partial charge is 0.337 e. The molecule has 2 fully saturated rings. The molecule has 0 bridgehead atoms. The van der Waals surface area contributed by atoms with Crippen LogP contribution < -0.4 is 5.56 Å². The molecular formula is C17H25N3O2. The summed E-state index contributed by atoms with van der Waals surface area (Å²) in [6.45, 7) is 1.67. The maximum absolute atomic E-state index is 12.7. The first-order valence-electron chi connectivity index (χ1n) is 8.43. The van der Waals surface area contributed by atoms with Crippen molar-refractivity contribution in [2.24, 2.45) is 12.5 Å². The van der Waals surface area contributed by atoms with Crippen LogP contribution in [0.25, 0.3) is 0 Å². The van der Waals surface area contributed by atoms with Crippen LogP contribution in [0.1, 0.15) is 61.9 Å². The lowest BCUT2D eigenvalue weighted by molar-refractivity contribution is 0.0457. The molecule has 1 aliphatic carbocycles. The van der Waals surface area contributed by atoms with E-state index in [4.69, 9.17) is 0 Å². The number of aromatic nitrogens is 2. The minimum Gasteiger partial charge on any atom is -0.337 e. The Kier molecular flexibility index (Phi) is 4.32. The Morgan fingerprint density at radius 1 is 1.09 bits per heavy atom. The first kappa shape index (κ1) is 15.3. The SMILES string of the molecule is Cn1nc(C(=O)N2CCCC3(CCCCCC3)C2)ccc1=O. The third kappa shape index (κ3) is 3.08. The zero-order valence-electron chi connectivity index (χ0n) is 13.4. The average Bonchev–Trinajstić information content (AvgIpc) is 2.75. The normalized spacial score (nSPS) is 21.6. The quantitative estimate of drug-likeness (QED) is 0.800. The van der Waals surface area contributed by atoms with Gasteiger partial charge in [-0.05, 0) is 37.2 Å². The molecule has 2 aliphatic rings. The van der Waals surface area contributed by atoms with E-state index in [9.17, 15) is 9.59 Å². The molecule has 22 heavy (non-hydrogen) atoms. The number of carbonyl (C=O) groups is 1. The van der Waals surface area contributed by atoms with Crippen molar-refractivity contribution in [2.45, 2.75) is 51.4 Å². The monoisotopic (exact) mass is 303 g/mol. The molecular weight excluding hydrogens is 278 g/mol. The van der Waals surface area contributed by atoms with Crippen LogP contribution in [0.3, 0.4) is 0 Å². The molecule has 2 heterocycles. The Hall–Kier alpha value is -1.65. The second-order valence-corrected chi connectivity index (χ2v) is 6.92. The molecule has 0 unspecified atom stereocenters. The first-order chi connectivity index (χ1) is 10.6. The van der Waals surface area contributed by atoms with Crippen molar-refractivity contribution in [1.82, 2.24) is 14.7 Å². The van der Waals surface area contributed by atoms with Gasteiger partial charge in [0.1, 0.15) is 5.69 Å². The Morgan fingerprint density at radius 3 is 2.45 bits per heavy atom. The standard InChI is InChI=1S/C17H25N3O2/c1-19-15(21)8-7-14(18-19)16(22)20-12-6-11-17(13-20)9-4-2-3-5-10-17/h7-8H,2-6,9-13H2,1H3. The van der Waals surface area contributed by atoms with E-state index in [2.05, 4.69) is 5.10 Å². The summed E-state index contributed by atoms with van der Waals surface area (Å²) in [5.41, 5.74) is 0.522. The van der Waals surface area contributed by atoms with E-state index >= 15 is 0 Å². The van der Waals surface area contributed by atoms with E-state index in [0.29, 0.717) is 11.1 Å². The van der Waals surface area contributed by atoms with Crippen LogP contribution in [0.2, 0.25) is 0 Å². The number of hydrogen-bond acceptors (Lipinski definition) is 3. The average molecular weight is 303 g/mol. The fourth-order valence-electron chi connectivity index (χ4n) is 4.05. The summed E-state index contributed by atoms with van der Waals surface area (Å²) in [6.07, 6.45) is 10.1. The number of likely N-dealkylation sites (tertiary alicyclic amines) is 1. The number of hydrogen-bond donors (Lipinski definition) is 0. The van der Waals surface area contributed by atoms with Crippen LogP contribution in [0.15, 0.2) is 16.9 Å². The van der Waals surface area contributed by atoms with Crippen LogP contribution in [0.5, 0.6) is 0 Å². The number of carbonyl (C=O) groups excluding carboxylic acids is 1. The van der Waals surface area contributed by atoms with E-state index in [1.807, 2.05) is 4.90 Å². The van der Waals surface area contributed by atoms with Gasteiger partial charge in [0, 0.05) is 26.2 Å². The Balaban J connectivity index is 1.77. The predicted molar refractivity (Wildman–Crippen MR) is 84.8 cm³/mol. The molecule has 120 valence electrons. The van der Waals surface area contributed by atoms with Crippen LogP contribution in [-0.2, 0) is 7.05 Å². The van der Waals surface area contributed by atoms with Crippen molar-refractivity contribution < 1.29 is 4.79 Å². The summed E-state index contributed by atoms with van der Waals surface area (Å²) in [6, 6.07) is 2.98. The van der Waals surface area contributed by atoms with E-state index < -0.39 is 0 Å². The van der Waals surface area contributed by atoms with E-state index in [1.165, 1.54) is 55.7 Å². The number of rotatable bonds is 1. The maximum atomic E-state index is 12.7. The molecule has 1 aromatic heterocycles. The van der Waals surface area contributed by atoms with Crippen molar-refractivity contribution in [2.75, 3.05) is 13.1 Å². The van der Waals surface area contributed by atoms with Gasteiger partial charge in [-0.1, -0.05) is 25.7 Å². The van der Waals surface area contributed by atoms with Crippen LogP contribution in [0, 0.1) is 5.41 Å². The van der Waals surface area contributed by atoms with Gasteiger partial charge in [-0.2, -0.15) is 5.10 Å². The van der Waals surface area contributed by atoms with E-state index in [-0.39, 0.29) is 11.5 Å². The fourth-order valence-corrected chi connectivity index (χ4v) is 4.05. The predicted octanol–water partition coefficient (Wildman–Crippen LogP) is 2.36. The van der Waals surface area contributed by atoms with Crippen molar-refractivity contribution >= 4 is 5.91 Å². The van der Waals surface area contributed by atoms with Crippen molar-refractivity contribution in [3.8, 4) is 0 Å². The van der Waals surface area contributed by atoms with Crippen LogP contribution in [-0.4, -0.2) is 33.7 Å². The van der Waals surface area contributed by atoms with Crippen LogP contribution >= 0.6 is 0 Å². The second-order valence-electron chi connectivity index (χ2n) is 6.92. The number of piperidine rings is 1. The molecule has 0 aromatic carbocycles. The minimum atomic E-state index is -0.185. The molecule has 3 rings (SSSR count). The molecule has 0 radical (unpaired) electrons. The summed E-state index contributed by atoms with van der Waals surface area (Å²) in [7, 11) is 1.59. The molecule has 0 atom stereocenters. The Morgan fingerprint density at radius 2 is 1.77 bits per heavy atom. The van der Waals surface area contributed by atoms with Crippen molar-refractivity contribution in [1.29, 1.82) is 0 Å². The maximum Gasteiger partial charge on any atom is 0.274 e. The summed E-state index contributed by atoms with van der Waals surface area (Å²) < 4.78 is 1.23. The third-order valence-corrected chi connectivity index (χ3v) is 5.29. The molecule has 0 N–H and O–H groups in total. The van der Waals surface area contributed by atoms with E-state index in [1.54, 1.807) is 13.1 Å². The molecule has 1 amide bonds. The van der Waals surface area contributed by atoms with Gasteiger partial charge in [0.15, 0.2) is 0 Å². The lowest BCUT2D eigenvalue weighted by Gasteiger charge is -2.42. The number of nitrogens with zero attached hydrogens (tertiary/aromatic N) is 3. The van der Waals surface area contributed by atoms with Gasteiger partial charge >= 0.3 is 0 Å². The summed E-state index contributed by atoms with van der Waals surface area (Å²) >= 11 is 0.